The Bertz CT molecular complexity index is 396. The van der Waals surface area contributed by atoms with Gasteiger partial charge in [0.05, 0.1) is 5.56 Å². The number of nitrogens with two attached hydrogens (primary N) is 1. The van der Waals surface area contributed by atoms with E-state index in [2.05, 4.69) is 29.0 Å². The summed E-state index contributed by atoms with van der Waals surface area (Å²) in [6.45, 7) is 5.06. The maximum absolute atomic E-state index is 11.3. The van der Waals surface area contributed by atoms with E-state index in [1.54, 1.807) is 18.3 Å². The normalized spacial score (nSPS) is 12.8. The number of pyridine rings is 1. The first-order valence-electron chi connectivity index (χ1n) is 6.08. The van der Waals surface area contributed by atoms with Gasteiger partial charge in [-0.1, -0.05) is 13.8 Å². The van der Waals surface area contributed by atoms with Crippen LogP contribution in [0.4, 0.5) is 5.82 Å². The minimum atomic E-state index is -0.462. The SMILES string of the molecule is CC(C)[C@@H](CNc1ncccc1C(N)=O)N(C)C. The smallest absolute Gasteiger partial charge is 0.252 e. The molecule has 0 unspecified atom stereocenters. The molecule has 1 atom stereocenters. The number of carbonyl (C=O) groups excluding carboxylic acids is 1. The second-order valence-corrected chi connectivity index (χ2v) is 4.92. The van der Waals surface area contributed by atoms with Crippen LogP contribution in [-0.4, -0.2) is 42.5 Å². The number of amides is 1. The van der Waals surface area contributed by atoms with Gasteiger partial charge in [0.2, 0.25) is 0 Å². The van der Waals surface area contributed by atoms with Crippen molar-refractivity contribution in [1.29, 1.82) is 0 Å². The highest BCUT2D eigenvalue weighted by atomic mass is 16.1. The molecular formula is C13H22N4O. The quantitative estimate of drug-likeness (QED) is 0.795. The van der Waals surface area contributed by atoms with Crippen molar-refractivity contribution in [2.75, 3.05) is 26.0 Å². The number of nitrogens with one attached hydrogen (secondary N) is 1. The van der Waals surface area contributed by atoms with E-state index in [4.69, 9.17) is 5.73 Å². The lowest BCUT2D eigenvalue weighted by Crippen LogP contribution is -2.39. The third-order valence-corrected chi connectivity index (χ3v) is 2.98. The van der Waals surface area contributed by atoms with E-state index in [0.717, 1.165) is 6.54 Å². The Morgan fingerprint density at radius 2 is 2.17 bits per heavy atom. The predicted octanol–water partition coefficient (Wildman–Crippen LogP) is 1.18. The molecule has 0 aromatic carbocycles. The fourth-order valence-electron chi connectivity index (χ4n) is 1.96. The maximum atomic E-state index is 11.3. The number of carbonyl (C=O) groups is 1. The van der Waals surface area contributed by atoms with Gasteiger partial charge in [-0.25, -0.2) is 4.98 Å². The standard InChI is InChI=1S/C13H22N4O/c1-9(2)11(17(3)4)8-16-13-10(12(14)18)6-5-7-15-13/h5-7,9,11H,8H2,1-4H3,(H2,14,18)(H,15,16)/t11-/m1/s1. The van der Waals surface area contributed by atoms with Gasteiger partial charge in [-0.05, 0) is 32.1 Å². The molecule has 0 aliphatic heterocycles. The van der Waals surface area contributed by atoms with Gasteiger partial charge in [-0.2, -0.15) is 0 Å². The summed E-state index contributed by atoms with van der Waals surface area (Å²) in [6.07, 6.45) is 1.65. The first kappa shape index (κ1) is 14.4. The van der Waals surface area contributed by atoms with Crippen LogP contribution in [0.3, 0.4) is 0 Å². The zero-order valence-electron chi connectivity index (χ0n) is 11.5. The highest BCUT2D eigenvalue weighted by Crippen LogP contribution is 2.13. The number of rotatable bonds is 6. The zero-order chi connectivity index (χ0) is 13.7. The van der Waals surface area contributed by atoms with Gasteiger partial charge >= 0.3 is 0 Å². The van der Waals surface area contributed by atoms with Crippen molar-refractivity contribution in [2.24, 2.45) is 11.7 Å². The molecule has 18 heavy (non-hydrogen) atoms. The van der Waals surface area contributed by atoms with Gasteiger partial charge in [0.25, 0.3) is 5.91 Å². The van der Waals surface area contributed by atoms with Crippen LogP contribution < -0.4 is 11.1 Å². The highest BCUT2D eigenvalue weighted by Gasteiger charge is 2.17. The Balaban J connectivity index is 2.76. The molecule has 1 rings (SSSR count). The molecule has 5 heteroatoms. The van der Waals surface area contributed by atoms with E-state index in [0.29, 0.717) is 23.3 Å². The number of aromatic nitrogens is 1. The lowest BCUT2D eigenvalue weighted by molar-refractivity contribution is 0.100. The summed E-state index contributed by atoms with van der Waals surface area (Å²) in [7, 11) is 4.08. The molecule has 1 aromatic heterocycles. The van der Waals surface area contributed by atoms with Crippen molar-refractivity contribution >= 4 is 11.7 Å². The van der Waals surface area contributed by atoms with Gasteiger partial charge in [0, 0.05) is 18.8 Å². The molecule has 3 N–H and O–H groups in total. The Morgan fingerprint density at radius 3 is 2.67 bits per heavy atom. The third kappa shape index (κ3) is 3.70. The zero-order valence-corrected chi connectivity index (χ0v) is 11.5. The molecule has 1 aromatic rings. The summed E-state index contributed by atoms with van der Waals surface area (Å²) in [5.74, 6) is 0.599. The van der Waals surface area contributed by atoms with Crippen LogP contribution in [0.25, 0.3) is 0 Å². The Kier molecular flexibility index (Phi) is 5.09. The minimum Gasteiger partial charge on any atom is -0.368 e. The summed E-state index contributed by atoms with van der Waals surface area (Å²) in [6, 6.07) is 3.75. The molecule has 0 saturated heterocycles. The van der Waals surface area contributed by atoms with Crippen LogP contribution in [0, 0.1) is 5.92 Å². The average Bonchev–Trinajstić information content (AvgIpc) is 2.28. The van der Waals surface area contributed by atoms with Gasteiger partial charge in [0.1, 0.15) is 5.82 Å². The second kappa shape index (κ2) is 6.35. The van der Waals surface area contributed by atoms with E-state index in [-0.39, 0.29) is 0 Å². The fourth-order valence-corrected chi connectivity index (χ4v) is 1.96. The van der Waals surface area contributed by atoms with Crippen LogP contribution >= 0.6 is 0 Å². The third-order valence-electron chi connectivity index (χ3n) is 2.98. The number of hydrogen-bond donors (Lipinski definition) is 2. The van der Waals surface area contributed by atoms with Crippen LogP contribution in [0.5, 0.6) is 0 Å². The number of primary amides is 1. The Morgan fingerprint density at radius 1 is 1.50 bits per heavy atom. The topological polar surface area (TPSA) is 71.2 Å². The van der Waals surface area contributed by atoms with Crippen molar-refractivity contribution in [3.63, 3.8) is 0 Å². The van der Waals surface area contributed by atoms with E-state index < -0.39 is 5.91 Å². The van der Waals surface area contributed by atoms with Gasteiger partial charge in [0.15, 0.2) is 0 Å². The molecule has 0 aliphatic rings. The van der Waals surface area contributed by atoms with Crippen molar-refractivity contribution in [3.05, 3.63) is 23.9 Å². The van der Waals surface area contributed by atoms with Crippen molar-refractivity contribution in [1.82, 2.24) is 9.88 Å². The van der Waals surface area contributed by atoms with Crippen LogP contribution in [0.2, 0.25) is 0 Å². The van der Waals surface area contributed by atoms with Crippen molar-refractivity contribution in [3.8, 4) is 0 Å². The predicted molar refractivity (Wildman–Crippen MR) is 73.6 cm³/mol. The number of anilines is 1. The van der Waals surface area contributed by atoms with Gasteiger partial charge in [-0.3, -0.25) is 4.79 Å². The van der Waals surface area contributed by atoms with Crippen molar-refractivity contribution < 1.29 is 4.79 Å². The van der Waals surface area contributed by atoms with E-state index in [1.807, 2.05) is 14.1 Å². The molecule has 0 bridgehead atoms. The second-order valence-electron chi connectivity index (χ2n) is 4.92. The van der Waals surface area contributed by atoms with Crippen molar-refractivity contribution in [2.45, 2.75) is 19.9 Å². The Hall–Kier alpha value is -1.62. The molecule has 1 heterocycles. The van der Waals surface area contributed by atoms with E-state index in [1.165, 1.54) is 0 Å². The van der Waals surface area contributed by atoms with Crippen LogP contribution in [0.1, 0.15) is 24.2 Å². The van der Waals surface area contributed by atoms with Crippen LogP contribution in [0.15, 0.2) is 18.3 Å². The summed E-state index contributed by atoms with van der Waals surface area (Å²) in [4.78, 5) is 17.6. The van der Waals surface area contributed by atoms with Gasteiger partial charge < -0.3 is 16.0 Å². The highest BCUT2D eigenvalue weighted by molar-refractivity contribution is 5.97. The molecule has 100 valence electrons. The van der Waals surface area contributed by atoms with E-state index >= 15 is 0 Å². The molecule has 0 radical (unpaired) electrons. The fraction of sp³-hybridized carbons (Fsp3) is 0.538. The number of nitrogens with zero attached hydrogens (tertiary/aromatic N) is 2. The largest absolute Gasteiger partial charge is 0.368 e. The van der Waals surface area contributed by atoms with Crippen LogP contribution in [-0.2, 0) is 0 Å². The minimum absolute atomic E-state index is 0.368. The molecule has 0 aliphatic carbocycles. The molecule has 0 fully saturated rings. The summed E-state index contributed by atoms with van der Waals surface area (Å²) < 4.78 is 0. The first-order chi connectivity index (χ1) is 8.43. The maximum Gasteiger partial charge on any atom is 0.252 e. The first-order valence-corrected chi connectivity index (χ1v) is 6.08. The Labute approximate surface area is 108 Å². The molecule has 5 nitrogen and oxygen atoms in total. The monoisotopic (exact) mass is 250 g/mol. The van der Waals surface area contributed by atoms with E-state index in [9.17, 15) is 4.79 Å². The number of likely N-dealkylation sites (N-methyl/N-ethyl adjacent to an activating group) is 1. The summed E-state index contributed by atoms with van der Waals surface area (Å²) in [5, 5.41) is 3.20. The lowest BCUT2D eigenvalue weighted by Gasteiger charge is -2.28. The average molecular weight is 250 g/mol. The number of hydrogen-bond acceptors (Lipinski definition) is 4. The van der Waals surface area contributed by atoms with Gasteiger partial charge in [-0.15, -0.1) is 0 Å². The summed E-state index contributed by atoms with van der Waals surface area (Å²) in [5.41, 5.74) is 5.74. The molecule has 0 saturated carbocycles. The summed E-state index contributed by atoms with van der Waals surface area (Å²) >= 11 is 0. The lowest BCUT2D eigenvalue weighted by atomic mass is 10.0. The molecular weight excluding hydrogens is 228 g/mol. The molecule has 1 amide bonds. The molecule has 0 spiro atoms.